The van der Waals surface area contributed by atoms with Gasteiger partial charge in [-0.15, -0.1) is 0 Å². The van der Waals surface area contributed by atoms with Crippen molar-refractivity contribution in [3.63, 3.8) is 0 Å². The van der Waals surface area contributed by atoms with Crippen molar-refractivity contribution in [3.8, 4) is 11.8 Å². The van der Waals surface area contributed by atoms with Gasteiger partial charge in [-0.05, 0) is 38.3 Å². The second-order valence-electron chi connectivity index (χ2n) is 6.89. The number of amides is 2. The molecule has 2 aromatic heterocycles. The number of hydrogen-bond donors (Lipinski definition) is 1. The molecule has 0 atom stereocenters. The molecule has 3 rings (SSSR count). The number of nitrogens with zero attached hydrogens (tertiary/aromatic N) is 4. The van der Waals surface area contributed by atoms with Gasteiger partial charge < -0.3 is 4.74 Å². The Kier molecular flexibility index (Phi) is 6.20. The molecule has 1 N–H and O–H groups in total. The van der Waals surface area contributed by atoms with Gasteiger partial charge in [-0.2, -0.15) is 5.26 Å². The fraction of sp³-hybridized carbons (Fsp3) is 0.350. The number of aldehydes is 1. The minimum atomic E-state index is -2.84. The Bertz CT molecular complexity index is 1020. The van der Waals surface area contributed by atoms with Crippen molar-refractivity contribution >= 4 is 24.0 Å². The topological polar surface area (TPSA) is 108 Å². The minimum absolute atomic E-state index is 0.154. The van der Waals surface area contributed by atoms with E-state index in [4.69, 9.17) is 4.74 Å². The van der Waals surface area contributed by atoms with Crippen molar-refractivity contribution in [1.29, 1.82) is 5.26 Å². The molecule has 2 amide bonds. The average Bonchev–Trinajstić information content (AvgIpc) is 2.71. The smallest absolute Gasteiger partial charge is 0.328 e. The maximum atomic E-state index is 13.2. The number of pyridine rings is 2. The van der Waals surface area contributed by atoms with Gasteiger partial charge >= 0.3 is 6.03 Å². The molecule has 1 aliphatic rings. The van der Waals surface area contributed by atoms with Crippen LogP contribution < -0.4 is 15.0 Å². The summed E-state index contributed by atoms with van der Waals surface area (Å²) in [5, 5.41) is 11.8. The number of nitriles is 1. The third-order valence-electron chi connectivity index (χ3n) is 4.40. The van der Waals surface area contributed by atoms with Gasteiger partial charge in [-0.1, -0.05) is 0 Å². The summed E-state index contributed by atoms with van der Waals surface area (Å²) in [6, 6.07) is 4.05. The summed E-state index contributed by atoms with van der Waals surface area (Å²) in [6.07, 6.45) is -0.471. The number of carbonyl (C=O) groups excluding carboxylic acids is 2. The van der Waals surface area contributed by atoms with Crippen molar-refractivity contribution in [3.05, 3.63) is 40.7 Å². The van der Waals surface area contributed by atoms with Crippen LogP contribution in [0.2, 0.25) is 0 Å². The zero-order chi connectivity index (χ0) is 21.8. The van der Waals surface area contributed by atoms with E-state index < -0.39 is 23.7 Å². The van der Waals surface area contributed by atoms with E-state index in [0.29, 0.717) is 24.9 Å². The second kappa shape index (κ2) is 8.82. The molecule has 3 heterocycles. The standard InChI is InChI=1S/C20H19F2N5O3/c1-11(2)30-16-7-17(24-9-13(16)8-23)26-20(29)27-5-3-4-12-6-14(18(21)22)15(10-28)25-19(12)27/h6-7,9-11,18H,3-5H2,1-2H3,(H,24,26,29). The van der Waals surface area contributed by atoms with Crippen molar-refractivity contribution in [2.45, 2.75) is 39.2 Å². The predicted octanol–water partition coefficient (Wildman–Crippen LogP) is 3.87. The number of hydrogen-bond acceptors (Lipinski definition) is 6. The van der Waals surface area contributed by atoms with Crippen LogP contribution in [0.5, 0.6) is 5.75 Å². The number of aromatic nitrogens is 2. The molecule has 0 fully saturated rings. The summed E-state index contributed by atoms with van der Waals surface area (Å²) in [5.74, 6) is 0.596. The van der Waals surface area contributed by atoms with E-state index in [-0.39, 0.29) is 35.3 Å². The summed E-state index contributed by atoms with van der Waals surface area (Å²) >= 11 is 0. The van der Waals surface area contributed by atoms with Crippen LogP contribution in [0.1, 0.15) is 53.9 Å². The molecule has 1 aliphatic heterocycles. The SMILES string of the molecule is CC(C)Oc1cc(NC(=O)N2CCCc3cc(C(F)F)c(C=O)nc32)ncc1C#N. The Morgan fingerprint density at radius 2 is 2.17 bits per heavy atom. The zero-order valence-electron chi connectivity index (χ0n) is 16.4. The lowest BCUT2D eigenvalue weighted by Crippen LogP contribution is -2.39. The largest absolute Gasteiger partial charge is 0.489 e. The van der Waals surface area contributed by atoms with E-state index in [1.165, 1.54) is 23.2 Å². The Morgan fingerprint density at radius 3 is 2.80 bits per heavy atom. The Hall–Kier alpha value is -3.61. The van der Waals surface area contributed by atoms with Crippen molar-refractivity contribution in [1.82, 2.24) is 9.97 Å². The predicted molar refractivity (Wildman–Crippen MR) is 104 cm³/mol. The van der Waals surface area contributed by atoms with Gasteiger partial charge in [0, 0.05) is 18.2 Å². The van der Waals surface area contributed by atoms with Gasteiger partial charge in [0.15, 0.2) is 6.29 Å². The molecule has 0 aliphatic carbocycles. The number of halogens is 2. The molecule has 0 saturated heterocycles. The van der Waals surface area contributed by atoms with E-state index in [1.54, 1.807) is 13.8 Å². The number of carbonyl (C=O) groups is 2. The van der Waals surface area contributed by atoms with Crippen LogP contribution in [0.15, 0.2) is 18.3 Å². The molecule has 30 heavy (non-hydrogen) atoms. The van der Waals surface area contributed by atoms with Gasteiger partial charge in [-0.25, -0.2) is 23.5 Å². The third kappa shape index (κ3) is 4.35. The minimum Gasteiger partial charge on any atom is -0.489 e. The summed E-state index contributed by atoms with van der Waals surface area (Å²) in [7, 11) is 0. The fourth-order valence-corrected chi connectivity index (χ4v) is 3.11. The van der Waals surface area contributed by atoms with Crippen LogP contribution in [0, 0.1) is 11.3 Å². The van der Waals surface area contributed by atoms with E-state index in [2.05, 4.69) is 15.3 Å². The fourth-order valence-electron chi connectivity index (χ4n) is 3.11. The molecule has 10 heteroatoms. The number of ether oxygens (including phenoxy) is 1. The lowest BCUT2D eigenvalue weighted by atomic mass is 10.0. The number of rotatable bonds is 5. The molecule has 0 saturated carbocycles. The molecular formula is C20H19F2N5O3. The lowest BCUT2D eigenvalue weighted by molar-refractivity contribution is 0.110. The molecule has 0 unspecified atom stereocenters. The van der Waals surface area contributed by atoms with Crippen LogP contribution in [0.4, 0.5) is 25.2 Å². The molecule has 0 aromatic carbocycles. The van der Waals surface area contributed by atoms with Gasteiger partial charge in [0.1, 0.15) is 34.7 Å². The second-order valence-corrected chi connectivity index (χ2v) is 6.89. The highest BCUT2D eigenvalue weighted by atomic mass is 19.3. The first-order valence-corrected chi connectivity index (χ1v) is 9.26. The Balaban J connectivity index is 1.89. The molecule has 8 nitrogen and oxygen atoms in total. The first kappa shape index (κ1) is 21.1. The first-order chi connectivity index (χ1) is 14.3. The maximum Gasteiger partial charge on any atom is 0.328 e. The number of nitrogens with one attached hydrogen (secondary N) is 1. The van der Waals surface area contributed by atoms with E-state index in [9.17, 15) is 23.6 Å². The lowest BCUT2D eigenvalue weighted by Gasteiger charge is -2.29. The number of urea groups is 1. The zero-order valence-corrected chi connectivity index (χ0v) is 16.4. The van der Waals surface area contributed by atoms with Gasteiger partial charge in [0.2, 0.25) is 0 Å². The highest BCUT2D eigenvalue weighted by Crippen LogP contribution is 2.31. The van der Waals surface area contributed by atoms with Crippen molar-refractivity contribution in [2.24, 2.45) is 0 Å². The van der Waals surface area contributed by atoms with Gasteiger partial charge in [-0.3, -0.25) is 15.0 Å². The quantitative estimate of drug-likeness (QED) is 0.743. The Morgan fingerprint density at radius 1 is 1.40 bits per heavy atom. The molecule has 0 radical (unpaired) electrons. The first-order valence-electron chi connectivity index (χ1n) is 9.26. The highest BCUT2D eigenvalue weighted by molar-refractivity contribution is 6.01. The van der Waals surface area contributed by atoms with Crippen LogP contribution in [0.3, 0.4) is 0 Å². The summed E-state index contributed by atoms with van der Waals surface area (Å²) < 4.78 is 31.9. The number of anilines is 2. The molecule has 0 bridgehead atoms. The van der Waals surface area contributed by atoms with Crippen LogP contribution >= 0.6 is 0 Å². The van der Waals surface area contributed by atoms with Crippen LogP contribution in [-0.2, 0) is 6.42 Å². The van der Waals surface area contributed by atoms with E-state index >= 15 is 0 Å². The molecule has 0 spiro atoms. The monoisotopic (exact) mass is 415 g/mol. The van der Waals surface area contributed by atoms with Crippen LogP contribution in [0.25, 0.3) is 0 Å². The van der Waals surface area contributed by atoms with Gasteiger partial charge in [0.25, 0.3) is 6.43 Å². The van der Waals surface area contributed by atoms with Crippen molar-refractivity contribution in [2.75, 3.05) is 16.8 Å². The van der Waals surface area contributed by atoms with Crippen molar-refractivity contribution < 1.29 is 23.1 Å². The van der Waals surface area contributed by atoms with E-state index in [1.807, 2.05) is 6.07 Å². The maximum absolute atomic E-state index is 13.2. The van der Waals surface area contributed by atoms with Gasteiger partial charge in [0.05, 0.1) is 12.3 Å². The third-order valence-corrected chi connectivity index (χ3v) is 4.40. The average molecular weight is 415 g/mol. The number of alkyl halides is 2. The molecular weight excluding hydrogens is 396 g/mol. The normalized spacial score (nSPS) is 13.0. The summed E-state index contributed by atoms with van der Waals surface area (Å²) in [4.78, 5) is 33.4. The summed E-state index contributed by atoms with van der Waals surface area (Å²) in [5.41, 5.74) is -0.154. The Labute approximate surface area is 171 Å². The highest BCUT2D eigenvalue weighted by Gasteiger charge is 2.28. The number of fused-ring (bicyclic) bond motifs is 1. The number of aryl methyl sites for hydroxylation is 1. The van der Waals surface area contributed by atoms with E-state index in [0.717, 1.165) is 0 Å². The molecule has 2 aromatic rings. The molecule has 156 valence electrons. The summed E-state index contributed by atoms with van der Waals surface area (Å²) in [6.45, 7) is 3.90. The van der Waals surface area contributed by atoms with Crippen LogP contribution in [-0.4, -0.2) is 34.9 Å².